The second-order valence-electron chi connectivity index (χ2n) is 11.1. The van der Waals surface area contributed by atoms with Crippen LogP contribution in [0.25, 0.3) is 33.2 Å². The van der Waals surface area contributed by atoms with E-state index < -0.39 is 0 Å². The van der Waals surface area contributed by atoms with Crippen LogP contribution in [-0.4, -0.2) is 39.3 Å². The first-order valence-corrected chi connectivity index (χ1v) is 14.7. The highest BCUT2D eigenvalue weighted by Crippen LogP contribution is 2.46. The molecule has 0 unspecified atom stereocenters. The number of benzene rings is 5. The van der Waals surface area contributed by atoms with Gasteiger partial charge in [0.2, 0.25) is 0 Å². The highest BCUT2D eigenvalue weighted by atomic mass is 35.5. The topological polar surface area (TPSA) is 124 Å². The number of phenolic OH excluding ortho intramolecular Hbond substituents is 1. The maximum Gasteiger partial charge on any atom is 0.258 e. The summed E-state index contributed by atoms with van der Waals surface area (Å²) < 4.78 is 0. The lowest BCUT2D eigenvalue weighted by Gasteiger charge is -2.19. The molecule has 1 atom stereocenters. The van der Waals surface area contributed by atoms with Crippen molar-refractivity contribution in [3.63, 3.8) is 0 Å². The number of rotatable bonds is 5. The molecule has 1 aliphatic heterocycles. The van der Waals surface area contributed by atoms with Crippen LogP contribution in [0, 0.1) is 6.92 Å². The number of hydrogen-bond acceptors (Lipinski definition) is 5. The number of carbonyl (C=O) groups is 2. The summed E-state index contributed by atoms with van der Waals surface area (Å²) in [5.41, 5.74) is 12.9. The largest absolute Gasteiger partial charge is 0.507 e. The van der Waals surface area contributed by atoms with Crippen molar-refractivity contribution in [1.82, 2.24) is 9.97 Å². The van der Waals surface area contributed by atoms with E-state index in [0.29, 0.717) is 52.0 Å². The molecule has 0 radical (unpaired) electrons. The molecule has 0 bridgehead atoms. The van der Waals surface area contributed by atoms with Gasteiger partial charge < -0.3 is 26.0 Å². The van der Waals surface area contributed by atoms with Gasteiger partial charge in [-0.2, -0.15) is 0 Å². The zero-order valence-electron chi connectivity index (χ0n) is 23.8. The molecule has 0 spiro atoms. The van der Waals surface area contributed by atoms with E-state index in [2.05, 4.69) is 10.3 Å². The van der Waals surface area contributed by atoms with Crippen LogP contribution in [0.4, 0.5) is 17.1 Å². The number of phenols is 1. The summed E-state index contributed by atoms with van der Waals surface area (Å²) >= 11 is 6.41. The molecule has 1 aromatic heterocycles. The zero-order chi connectivity index (χ0) is 30.5. The third kappa shape index (κ3) is 4.69. The molecule has 1 aliphatic rings. The quantitative estimate of drug-likeness (QED) is 0.123. The van der Waals surface area contributed by atoms with E-state index in [1.165, 1.54) is 0 Å². The number of carbonyl (C=O) groups excluding carboxylic acids is 2. The summed E-state index contributed by atoms with van der Waals surface area (Å²) in [6, 6.07) is 27.0. The molecular formula is C35H28ClN5O3. The van der Waals surface area contributed by atoms with E-state index in [0.717, 1.165) is 33.0 Å². The Labute approximate surface area is 258 Å². The predicted molar refractivity (Wildman–Crippen MR) is 176 cm³/mol. The van der Waals surface area contributed by atoms with Gasteiger partial charge in [0, 0.05) is 57.9 Å². The van der Waals surface area contributed by atoms with Crippen LogP contribution in [0.3, 0.4) is 0 Å². The highest BCUT2D eigenvalue weighted by Gasteiger charge is 2.35. The average molecular weight is 602 g/mol. The van der Waals surface area contributed by atoms with Crippen LogP contribution in [0.1, 0.15) is 37.8 Å². The number of fused-ring (bicyclic) bond motifs is 4. The smallest absolute Gasteiger partial charge is 0.258 e. The van der Waals surface area contributed by atoms with Crippen LogP contribution < -0.4 is 16.0 Å². The minimum atomic E-state index is -0.227. The molecular weight excluding hydrogens is 574 g/mol. The molecule has 7 rings (SSSR count). The number of aromatic amines is 1. The number of nitrogen functional groups attached to an aromatic ring is 1. The summed E-state index contributed by atoms with van der Waals surface area (Å²) in [4.78, 5) is 36.2. The van der Waals surface area contributed by atoms with E-state index in [4.69, 9.17) is 22.3 Å². The molecule has 44 heavy (non-hydrogen) atoms. The Balaban J connectivity index is 1.15. The number of aryl methyl sites for hydroxylation is 1. The molecule has 9 heteroatoms. The van der Waals surface area contributed by atoms with Crippen molar-refractivity contribution in [1.29, 1.82) is 0 Å². The van der Waals surface area contributed by atoms with Gasteiger partial charge in [-0.15, -0.1) is 11.6 Å². The SMILES string of the molecule is Cc1cccc2c(O)cc3c(c12)[C@H](CCl)CN3C(=O)c1ccc2[nH]c(-c3ccc(NC(=O)c4ccc(N)cc4)cc3)nc2c1. The first-order valence-electron chi connectivity index (χ1n) is 14.2. The van der Waals surface area contributed by atoms with Crippen molar-refractivity contribution >= 4 is 62.3 Å². The Morgan fingerprint density at radius 3 is 2.52 bits per heavy atom. The molecule has 5 N–H and O–H groups in total. The maximum absolute atomic E-state index is 13.9. The Hall–Kier alpha value is -5.34. The summed E-state index contributed by atoms with van der Waals surface area (Å²) in [5, 5.41) is 15.4. The van der Waals surface area contributed by atoms with E-state index in [1.54, 1.807) is 47.4 Å². The van der Waals surface area contributed by atoms with Gasteiger partial charge in [0.05, 0.1) is 16.7 Å². The molecule has 8 nitrogen and oxygen atoms in total. The number of aromatic hydroxyl groups is 1. The lowest BCUT2D eigenvalue weighted by molar-refractivity contribution is 0.0987. The number of alkyl halides is 1. The van der Waals surface area contributed by atoms with E-state index in [1.807, 2.05) is 55.5 Å². The van der Waals surface area contributed by atoms with Gasteiger partial charge >= 0.3 is 0 Å². The standard InChI is InChI=1S/C35H28ClN5O3/c1-19-3-2-4-26-30(42)16-29-32(31(19)26)23(17-36)18-41(29)35(44)22-9-14-27-28(15-22)40-33(39-27)20-7-12-25(13-8-20)38-34(43)21-5-10-24(37)11-6-21/h2-16,23,42H,17-18,37H2,1H3,(H,38,43)(H,39,40)/t23-/m1/s1. The summed E-state index contributed by atoms with van der Waals surface area (Å²) in [6.07, 6.45) is 0. The molecule has 5 aromatic carbocycles. The lowest BCUT2D eigenvalue weighted by atomic mass is 9.92. The lowest BCUT2D eigenvalue weighted by Crippen LogP contribution is -2.30. The molecule has 6 aromatic rings. The molecule has 0 fully saturated rings. The Bertz CT molecular complexity index is 2090. The van der Waals surface area contributed by atoms with Gasteiger partial charge in [0.25, 0.3) is 11.8 Å². The first-order chi connectivity index (χ1) is 21.3. The number of nitrogens with one attached hydrogen (secondary N) is 2. The number of amides is 2. The Kier molecular flexibility index (Phi) is 6.71. The fourth-order valence-electron chi connectivity index (χ4n) is 6.00. The number of aromatic nitrogens is 2. The van der Waals surface area contributed by atoms with Gasteiger partial charge in [-0.3, -0.25) is 9.59 Å². The Morgan fingerprint density at radius 1 is 1.02 bits per heavy atom. The van der Waals surface area contributed by atoms with Crippen molar-refractivity contribution in [2.45, 2.75) is 12.8 Å². The number of imidazole rings is 1. The van der Waals surface area contributed by atoms with E-state index in [9.17, 15) is 14.7 Å². The van der Waals surface area contributed by atoms with Crippen LogP contribution >= 0.6 is 11.6 Å². The van der Waals surface area contributed by atoms with Gasteiger partial charge in [-0.05, 0) is 90.2 Å². The average Bonchev–Trinajstić information content (AvgIpc) is 3.63. The third-order valence-corrected chi connectivity index (χ3v) is 8.59. The van der Waals surface area contributed by atoms with E-state index >= 15 is 0 Å². The zero-order valence-corrected chi connectivity index (χ0v) is 24.5. The van der Waals surface area contributed by atoms with Crippen molar-refractivity contribution in [3.05, 3.63) is 113 Å². The molecule has 218 valence electrons. The molecule has 0 aliphatic carbocycles. The van der Waals surface area contributed by atoms with Crippen LogP contribution in [-0.2, 0) is 0 Å². The molecule has 2 amide bonds. The molecule has 2 heterocycles. The van der Waals surface area contributed by atoms with Crippen LogP contribution in [0.15, 0.2) is 91.0 Å². The minimum absolute atomic E-state index is 0.0558. The number of H-pyrrole nitrogens is 1. The molecule has 0 saturated heterocycles. The van der Waals surface area contributed by atoms with Crippen molar-refractivity contribution in [3.8, 4) is 17.1 Å². The van der Waals surface area contributed by atoms with E-state index in [-0.39, 0.29) is 23.5 Å². The fraction of sp³-hybridized carbons (Fsp3) is 0.114. The number of nitrogens with zero attached hydrogens (tertiary/aromatic N) is 2. The second-order valence-corrected chi connectivity index (χ2v) is 11.4. The first kappa shape index (κ1) is 27.5. The highest BCUT2D eigenvalue weighted by molar-refractivity contribution is 6.19. The van der Waals surface area contributed by atoms with Crippen LogP contribution in [0.2, 0.25) is 0 Å². The fourth-order valence-corrected chi connectivity index (χ4v) is 6.25. The number of nitrogens with two attached hydrogens (primary N) is 1. The van der Waals surface area contributed by atoms with Gasteiger partial charge in [-0.1, -0.05) is 18.2 Å². The van der Waals surface area contributed by atoms with Crippen molar-refractivity contribution < 1.29 is 14.7 Å². The second kappa shape index (κ2) is 10.7. The maximum atomic E-state index is 13.9. The van der Waals surface area contributed by atoms with Crippen LogP contribution in [0.5, 0.6) is 5.75 Å². The third-order valence-electron chi connectivity index (χ3n) is 8.22. The predicted octanol–water partition coefficient (Wildman–Crippen LogP) is 7.21. The number of halogens is 1. The van der Waals surface area contributed by atoms with Crippen molar-refractivity contribution in [2.24, 2.45) is 0 Å². The van der Waals surface area contributed by atoms with Gasteiger partial charge in [0.1, 0.15) is 11.6 Å². The summed E-state index contributed by atoms with van der Waals surface area (Å²) in [6.45, 7) is 2.43. The number of anilines is 3. The summed E-state index contributed by atoms with van der Waals surface area (Å²) in [7, 11) is 0. The normalized spacial score (nSPS) is 14.2. The minimum Gasteiger partial charge on any atom is -0.507 e. The van der Waals surface area contributed by atoms with Gasteiger partial charge in [0.15, 0.2) is 0 Å². The van der Waals surface area contributed by atoms with Crippen molar-refractivity contribution in [2.75, 3.05) is 28.4 Å². The Morgan fingerprint density at radius 2 is 1.77 bits per heavy atom. The number of hydrogen-bond donors (Lipinski definition) is 4. The van der Waals surface area contributed by atoms with Gasteiger partial charge in [-0.25, -0.2) is 4.98 Å². The summed E-state index contributed by atoms with van der Waals surface area (Å²) in [5.74, 6) is 0.672. The monoisotopic (exact) mass is 601 g/mol. The molecule has 0 saturated carbocycles.